The maximum Gasteiger partial charge on any atom is 0.326 e. The lowest BCUT2D eigenvalue weighted by molar-refractivity contribution is -0.148. The molecule has 0 aromatic carbocycles. The SMILES string of the molecule is COC(=O)C[C@H](NC(=O)Cn1nc(C)cc1C)C(=O)O. The second-order valence-corrected chi connectivity index (χ2v) is 4.32. The first-order valence-corrected chi connectivity index (χ1v) is 5.93. The number of aryl methyl sites for hydroxylation is 2. The molecule has 1 atom stereocenters. The molecule has 8 heteroatoms. The van der Waals surface area contributed by atoms with Crippen molar-refractivity contribution >= 4 is 17.8 Å². The molecule has 0 spiro atoms. The van der Waals surface area contributed by atoms with Crippen molar-refractivity contribution in [1.82, 2.24) is 15.1 Å². The van der Waals surface area contributed by atoms with Gasteiger partial charge in [-0.2, -0.15) is 5.10 Å². The van der Waals surface area contributed by atoms with E-state index >= 15 is 0 Å². The maximum atomic E-state index is 11.8. The maximum absolute atomic E-state index is 11.8. The number of esters is 1. The van der Waals surface area contributed by atoms with Gasteiger partial charge in [0.05, 0.1) is 19.2 Å². The third-order valence-corrected chi connectivity index (χ3v) is 2.63. The first kappa shape index (κ1) is 15.7. The lowest BCUT2D eigenvalue weighted by Crippen LogP contribution is -2.43. The van der Waals surface area contributed by atoms with Crippen molar-refractivity contribution in [3.05, 3.63) is 17.5 Å². The van der Waals surface area contributed by atoms with Gasteiger partial charge in [0.15, 0.2) is 0 Å². The highest BCUT2D eigenvalue weighted by molar-refractivity contribution is 5.87. The fourth-order valence-corrected chi connectivity index (χ4v) is 1.66. The number of aliphatic carboxylic acids is 1. The highest BCUT2D eigenvalue weighted by Crippen LogP contribution is 2.02. The summed E-state index contributed by atoms with van der Waals surface area (Å²) >= 11 is 0. The van der Waals surface area contributed by atoms with Crippen LogP contribution < -0.4 is 5.32 Å². The molecule has 1 amide bonds. The quantitative estimate of drug-likeness (QED) is 0.689. The van der Waals surface area contributed by atoms with Crippen LogP contribution in [0.15, 0.2) is 6.07 Å². The van der Waals surface area contributed by atoms with Crippen LogP contribution in [0.25, 0.3) is 0 Å². The average Bonchev–Trinajstić information content (AvgIpc) is 2.66. The molecule has 0 aliphatic heterocycles. The van der Waals surface area contributed by atoms with Crippen LogP contribution in [-0.4, -0.2) is 45.9 Å². The van der Waals surface area contributed by atoms with Crippen molar-refractivity contribution in [1.29, 1.82) is 0 Å². The van der Waals surface area contributed by atoms with Crippen LogP contribution in [0.2, 0.25) is 0 Å². The van der Waals surface area contributed by atoms with E-state index in [4.69, 9.17) is 5.11 Å². The molecule has 0 saturated carbocycles. The van der Waals surface area contributed by atoms with Gasteiger partial charge in [-0.3, -0.25) is 14.3 Å². The van der Waals surface area contributed by atoms with Gasteiger partial charge in [0, 0.05) is 5.69 Å². The van der Waals surface area contributed by atoms with Gasteiger partial charge >= 0.3 is 11.9 Å². The Bertz CT molecular complexity index is 523. The van der Waals surface area contributed by atoms with E-state index in [1.165, 1.54) is 4.68 Å². The lowest BCUT2D eigenvalue weighted by Gasteiger charge is -2.13. The van der Waals surface area contributed by atoms with Crippen molar-refractivity contribution in [3.63, 3.8) is 0 Å². The van der Waals surface area contributed by atoms with E-state index in [0.717, 1.165) is 18.5 Å². The number of rotatable bonds is 6. The van der Waals surface area contributed by atoms with Crippen molar-refractivity contribution in [3.8, 4) is 0 Å². The molecule has 0 radical (unpaired) electrons. The number of nitrogens with zero attached hydrogens (tertiary/aromatic N) is 2. The lowest BCUT2D eigenvalue weighted by atomic mass is 10.2. The molecule has 1 rings (SSSR count). The number of ether oxygens (including phenoxy) is 1. The van der Waals surface area contributed by atoms with Crippen LogP contribution in [0.5, 0.6) is 0 Å². The summed E-state index contributed by atoms with van der Waals surface area (Å²) < 4.78 is 5.84. The first-order chi connectivity index (χ1) is 9.33. The number of carboxylic acid groups (broad SMARTS) is 1. The minimum Gasteiger partial charge on any atom is -0.480 e. The summed E-state index contributed by atoms with van der Waals surface area (Å²) in [6, 6.07) is 0.489. The summed E-state index contributed by atoms with van der Waals surface area (Å²) in [5, 5.41) is 15.3. The summed E-state index contributed by atoms with van der Waals surface area (Å²) in [5.41, 5.74) is 1.55. The summed E-state index contributed by atoms with van der Waals surface area (Å²) in [4.78, 5) is 33.8. The van der Waals surface area contributed by atoms with Gasteiger partial charge in [0.25, 0.3) is 0 Å². The molecule has 0 bridgehead atoms. The molecule has 1 aromatic rings. The van der Waals surface area contributed by atoms with Crippen LogP contribution >= 0.6 is 0 Å². The minimum atomic E-state index is -1.31. The molecule has 1 heterocycles. The van der Waals surface area contributed by atoms with Crippen LogP contribution in [0.3, 0.4) is 0 Å². The number of amides is 1. The Kier molecular flexibility index (Phi) is 5.24. The fraction of sp³-hybridized carbons (Fsp3) is 0.500. The molecule has 0 aliphatic carbocycles. The standard InChI is InChI=1S/C12H17N3O5/c1-7-4-8(2)15(14-7)6-10(16)13-9(12(18)19)5-11(17)20-3/h4,9H,5-6H2,1-3H3,(H,13,16)(H,18,19)/t9-/m0/s1. The number of carbonyl (C=O) groups is 3. The molecule has 0 saturated heterocycles. The smallest absolute Gasteiger partial charge is 0.326 e. The van der Waals surface area contributed by atoms with Crippen LogP contribution in [0.4, 0.5) is 0 Å². The number of hydrogen-bond donors (Lipinski definition) is 2. The fourth-order valence-electron chi connectivity index (χ4n) is 1.66. The van der Waals surface area contributed by atoms with Gasteiger partial charge in [-0.15, -0.1) is 0 Å². The van der Waals surface area contributed by atoms with Crippen molar-refractivity contribution in [2.24, 2.45) is 0 Å². The Hall–Kier alpha value is -2.38. The minimum absolute atomic E-state index is 0.107. The summed E-state index contributed by atoms with van der Waals surface area (Å²) in [7, 11) is 1.15. The third-order valence-electron chi connectivity index (χ3n) is 2.63. The Morgan fingerprint density at radius 3 is 2.55 bits per heavy atom. The van der Waals surface area contributed by atoms with E-state index < -0.39 is 30.3 Å². The topological polar surface area (TPSA) is 111 Å². The van der Waals surface area contributed by atoms with Crippen molar-refractivity contribution < 1.29 is 24.2 Å². The second kappa shape index (κ2) is 6.69. The molecule has 8 nitrogen and oxygen atoms in total. The highest BCUT2D eigenvalue weighted by atomic mass is 16.5. The molecule has 0 fully saturated rings. The van der Waals surface area contributed by atoms with E-state index in [1.54, 1.807) is 19.9 Å². The van der Waals surface area contributed by atoms with Gasteiger partial charge in [-0.25, -0.2) is 4.79 Å². The summed E-state index contributed by atoms with van der Waals surface area (Å²) in [5.74, 6) is -2.53. The zero-order valence-electron chi connectivity index (χ0n) is 11.5. The molecule has 110 valence electrons. The zero-order valence-corrected chi connectivity index (χ0v) is 11.5. The van der Waals surface area contributed by atoms with Gasteiger partial charge in [-0.1, -0.05) is 0 Å². The number of nitrogens with one attached hydrogen (secondary N) is 1. The number of carbonyl (C=O) groups excluding carboxylic acids is 2. The molecular weight excluding hydrogens is 266 g/mol. The van der Waals surface area contributed by atoms with E-state index in [-0.39, 0.29) is 6.54 Å². The van der Waals surface area contributed by atoms with E-state index in [1.807, 2.05) is 0 Å². The van der Waals surface area contributed by atoms with E-state index in [2.05, 4.69) is 15.2 Å². The Labute approximate surface area is 115 Å². The summed E-state index contributed by atoms with van der Waals surface area (Å²) in [6.45, 7) is 3.47. The van der Waals surface area contributed by atoms with E-state index in [0.29, 0.717) is 0 Å². The third kappa shape index (κ3) is 4.38. The number of carboxylic acids is 1. The van der Waals surface area contributed by atoms with E-state index in [9.17, 15) is 14.4 Å². The van der Waals surface area contributed by atoms with Crippen LogP contribution in [0.1, 0.15) is 17.8 Å². The Morgan fingerprint density at radius 2 is 2.10 bits per heavy atom. The molecule has 0 unspecified atom stereocenters. The van der Waals surface area contributed by atoms with Gasteiger partial charge < -0.3 is 15.2 Å². The van der Waals surface area contributed by atoms with Crippen molar-refractivity contribution in [2.75, 3.05) is 7.11 Å². The monoisotopic (exact) mass is 283 g/mol. The predicted octanol–water partition coefficient (Wildman–Crippen LogP) is -0.368. The molecular formula is C12H17N3O5. The molecule has 1 aromatic heterocycles. The first-order valence-electron chi connectivity index (χ1n) is 5.93. The average molecular weight is 283 g/mol. The second-order valence-electron chi connectivity index (χ2n) is 4.32. The Morgan fingerprint density at radius 1 is 1.45 bits per heavy atom. The van der Waals surface area contributed by atoms with Gasteiger partial charge in [0.1, 0.15) is 12.6 Å². The molecule has 20 heavy (non-hydrogen) atoms. The molecule has 2 N–H and O–H groups in total. The normalized spacial score (nSPS) is 11.8. The summed E-state index contributed by atoms with van der Waals surface area (Å²) in [6.07, 6.45) is -0.422. The van der Waals surface area contributed by atoms with Crippen molar-refractivity contribution in [2.45, 2.75) is 32.9 Å². The van der Waals surface area contributed by atoms with Gasteiger partial charge in [-0.05, 0) is 19.9 Å². The van der Waals surface area contributed by atoms with Crippen LogP contribution in [-0.2, 0) is 25.7 Å². The number of methoxy groups -OCH3 is 1. The Balaban J connectivity index is 2.64. The highest BCUT2D eigenvalue weighted by Gasteiger charge is 2.24. The zero-order chi connectivity index (χ0) is 15.3. The number of aromatic nitrogens is 2. The molecule has 0 aliphatic rings. The largest absolute Gasteiger partial charge is 0.480 e. The van der Waals surface area contributed by atoms with Crippen LogP contribution in [0, 0.1) is 13.8 Å². The number of hydrogen-bond acceptors (Lipinski definition) is 5. The predicted molar refractivity (Wildman–Crippen MR) is 67.9 cm³/mol. The van der Waals surface area contributed by atoms with Gasteiger partial charge in [0.2, 0.25) is 5.91 Å².